The molecule has 0 spiro atoms. The maximum atomic E-state index is 12.9. The lowest BCUT2D eigenvalue weighted by atomic mass is 9.98. The van der Waals surface area contributed by atoms with Gasteiger partial charge in [-0.15, -0.1) is 0 Å². The highest BCUT2D eigenvalue weighted by atomic mass is 32.2. The lowest BCUT2D eigenvalue weighted by Crippen LogP contribution is -2.17. The summed E-state index contributed by atoms with van der Waals surface area (Å²) in [6.45, 7) is -0.670. The van der Waals surface area contributed by atoms with Gasteiger partial charge in [0.2, 0.25) is 0 Å². The van der Waals surface area contributed by atoms with Crippen LogP contribution in [0.15, 0.2) is 60.0 Å². The van der Waals surface area contributed by atoms with Gasteiger partial charge in [-0.1, -0.05) is 18.2 Å². The second kappa shape index (κ2) is 9.02. The Morgan fingerprint density at radius 2 is 1.70 bits per heavy atom. The number of hydrogen-bond acceptors (Lipinski definition) is 9. The van der Waals surface area contributed by atoms with Crippen LogP contribution in [0.1, 0.15) is 11.5 Å². The fraction of sp³-hybridized carbons (Fsp3) is 0.190. The maximum Gasteiger partial charge on any atom is 0.282 e. The van der Waals surface area contributed by atoms with Crippen molar-refractivity contribution < 1.29 is 23.7 Å². The summed E-state index contributed by atoms with van der Waals surface area (Å²) in [6.07, 6.45) is 2.72. The van der Waals surface area contributed by atoms with Crippen molar-refractivity contribution >= 4 is 38.4 Å². The van der Waals surface area contributed by atoms with Gasteiger partial charge < -0.3 is 25.2 Å². The predicted molar refractivity (Wildman–Crippen MR) is 122 cm³/mol. The van der Waals surface area contributed by atoms with Gasteiger partial charge in [-0.05, 0) is 23.8 Å². The monoisotopic (exact) mass is 470 g/mol. The smallest absolute Gasteiger partial charge is 0.282 e. The second-order valence-corrected chi connectivity index (χ2v) is 8.98. The number of anilines is 3. The van der Waals surface area contributed by atoms with Gasteiger partial charge in [0, 0.05) is 30.9 Å². The van der Waals surface area contributed by atoms with E-state index in [1.54, 1.807) is 37.4 Å². The van der Waals surface area contributed by atoms with Crippen molar-refractivity contribution in [1.82, 2.24) is 19.5 Å². The van der Waals surface area contributed by atoms with Crippen molar-refractivity contribution in [2.45, 2.75) is 10.9 Å². The Bertz CT molecular complexity index is 1400. The molecule has 33 heavy (non-hydrogen) atoms. The maximum absolute atomic E-state index is 12.9. The van der Waals surface area contributed by atoms with Crippen LogP contribution in [0.2, 0.25) is 0 Å². The number of aliphatic hydroxyl groups excluding tert-OH is 2. The Morgan fingerprint density at radius 1 is 1.03 bits per heavy atom. The number of para-hydroxylation sites is 2. The van der Waals surface area contributed by atoms with E-state index in [4.69, 9.17) is 0 Å². The molecule has 2 heterocycles. The Morgan fingerprint density at radius 3 is 2.30 bits per heavy atom. The minimum atomic E-state index is -4.07. The molecule has 0 atom stereocenters. The molecule has 0 radical (unpaired) electrons. The van der Waals surface area contributed by atoms with Gasteiger partial charge in [-0.25, -0.2) is 15.0 Å². The number of aromatic nitrogens is 4. The highest BCUT2D eigenvalue weighted by Crippen LogP contribution is 2.33. The molecule has 5 N–H and O–H groups in total. The number of aromatic hydroxyl groups is 1. The number of fused-ring (bicyclic) bond motifs is 1. The molecule has 0 aliphatic heterocycles. The van der Waals surface area contributed by atoms with E-state index in [0.717, 1.165) is 0 Å². The molecule has 0 fully saturated rings. The lowest BCUT2D eigenvalue weighted by molar-refractivity contribution is 0.193. The number of phenols is 1. The molecule has 0 aliphatic carbocycles. The quantitative estimate of drug-likeness (QED) is 0.258. The third-order valence-electron chi connectivity index (χ3n) is 4.93. The average molecular weight is 471 g/mol. The molecule has 0 aliphatic rings. The van der Waals surface area contributed by atoms with Crippen molar-refractivity contribution in [3.63, 3.8) is 0 Å². The number of benzene rings is 2. The van der Waals surface area contributed by atoms with Gasteiger partial charge in [0.1, 0.15) is 5.75 Å². The van der Waals surface area contributed by atoms with E-state index in [2.05, 4.69) is 25.0 Å². The van der Waals surface area contributed by atoms with Crippen molar-refractivity contribution in [3.8, 4) is 5.75 Å². The summed E-state index contributed by atoms with van der Waals surface area (Å²) < 4.78 is 29.7. The molecule has 0 amide bonds. The van der Waals surface area contributed by atoms with Gasteiger partial charge in [-0.3, -0.25) is 4.72 Å². The number of rotatable bonds is 8. The minimum absolute atomic E-state index is 0.0645. The van der Waals surface area contributed by atoms with Gasteiger partial charge in [0.15, 0.2) is 16.7 Å². The molecule has 4 rings (SSSR count). The van der Waals surface area contributed by atoms with Crippen LogP contribution in [0.4, 0.5) is 17.3 Å². The van der Waals surface area contributed by atoms with E-state index < -0.39 is 15.9 Å². The summed E-state index contributed by atoms with van der Waals surface area (Å²) >= 11 is 0. The van der Waals surface area contributed by atoms with Gasteiger partial charge in [0.05, 0.1) is 30.6 Å². The molecule has 0 saturated carbocycles. The molecule has 4 aromatic rings. The summed E-state index contributed by atoms with van der Waals surface area (Å²) in [6, 6.07) is 11.3. The average Bonchev–Trinajstić information content (AvgIpc) is 3.23. The van der Waals surface area contributed by atoms with Crippen LogP contribution in [0.5, 0.6) is 5.75 Å². The van der Waals surface area contributed by atoms with Crippen LogP contribution in [0.25, 0.3) is 11.0 Å². The first-order valence-electron chi connectivity index (χ1n) is 9.90. The summed E-state index contributed by atoms with van der Waals surface area (Å²) in [5.74, 6) is -0.719. The molecule has 172 valence electrons. The largest absolute Gasteiger partial charge is 0.508 e. The molecular weight excluding hydrogens is 448 g/mol. The summed E-state index contributed by atoms with van der Waals surface area (Å²) in [4.78, 5) is 12.8. The zero-order valence-corrected chi connectivity index (χ0v) is 18.4. The summed E-state index contributed by atoms with van der Waals surface area (Å²) in [5.41, 5.74) is 1.79. The molecule has 11 nitrogen and oxygen atoms in total. The number of aryl methyl sites for hydroxylation is 1. The van der Waals surface area contributed by atoms with Crippen molar-refractivity contribution in [2.24, 2.45) is 7.05 Å². The molecule has 2 aromatic carbocycles. The summed E-state index contributed by atoms with van der Waals surface area (Å²) in [5, 5.41) is 32.1. The normalized spacial score (nSPS) is 11.8. The van der Waals surface area contributed by atoms with Crippen LogP contribution in [0.3, 0.4) is 0 Å². The minimum Gasteiger partial charge on any atom is -0.508 e. The van der Waals surface area contributed by atoms with E-state index >= 15 is 0 Å². The van der Waals surface area contributed by atoms with Gasteiger partial charge in [0.25, 0.3) is 10.0 Å². The van der Waals surface area contributed by atoms with Gasteiger partial charge >= 0.3 is 0 Å². The number of sulfonamides is 1. The number of phenolic OH excluding ortho intramolecular Hbond substituents is 1. The van der Waals surface area contributed by atoms with Crippen LogP contribution >= 0.6 is 0 Å². The number of nitrogens with zero attached hydrogens (tertiary/aromatic N) is 4. The Hall–Kier alpha value is -3.74. The third kappa shape index (κ3) is 4.72. The summed E-state index contributed by atoms with van der Waals surface area (Å²) in [7, 11) is -2.42. The number of nitrogens with one attached hydrogen (secondary N) is 2. The number of imidazole rings is 1. The molecule has 2 aromatic heterocycles. The first-order valence-corrected chi connectivity index (χ1v) is 11.4. The molecule has 0 unspecified atom stereocenters. The number of aliphatic hydroxyl groups is 2. The van der Waals surface area contributed by atoms with E-state index in [1.165, 1.54) is 29.2 Å². The van der Waals surface area contributed by atoms with Crippen LogP contribution in [-0.4, -0.2) is 56.5 Å². The second-order valence-electron chi connectivity index (χ2n) is 7.35. The van der Waals surface area contributed by atoms with E-state index in [1.807, 2.05) is 0 Å². The van der Waals surface area contributed by atoms with Crippen molar-refractivity contribution in [2.75, 3.05) is 23.3 Å². The fourth-order valence-corrected chi connectivity index (χ4v) is 4.25. The standard InChI is InChI=1S/C21H22N6O5S/c1-27-9-19(22-12-27)33(31,32)26-21-20(23-16-4-2-3-5-17(16)24-21)25-18-8-14(30)6-7-15(18)13(10-28)11-29/h2-9,12-13,28-30H,10-11H2,1H3,(H,23,25)(H,24,26). The van der Waals surface area contributed by atoms with Gasteiger partial charge in [-0.2, -0.15) is 8.42 Å². The zero-order chi connectivity index (χ0) is 23.6. The Labute approximate surface area is 189 Å². The molecule has 0 saturated heterocycles. The van der Waals surface area contributed by atoms with E-state index in [9.17, 15) is 23.7 Å². The van der Waals surface area contributed by atoms with Crippen LogP contribution < -0.4 is 10.0 Å². The zero-order valence-electron chi connectivity index (χ0n) is 17.5. The van der Waals surface area contributed by atoms with Crippen molar-refractivity contribution in [3.05, 3.63) is 60.6 Å². The SMILES string of the molecule is Cn1cnc(S(=O)(=O)Nc2nc3ccccc3nc2Nc2cc(O)ccc2C(CO)CO)c1. The Balaban J connectivity index is 1.82. The topological polar surface area (TPSA) is 162 Å². The number of hydrogen-bond donors (Lipinski definition) is 5. The van der Waals surface area contributed by atoms with Crippen LogP contribution in [-0.2, 0) is 17.1 Å². The first-order chi connectivity index (χ1) is 15.8. The van der Waals surface area contributed by atoms with Crippen molar-refractivity contribution in [1.29, 1.82) is 0 Å². The molecular formula is C21H22N6O5S. The predicted octanol–water partition coefficient (Wildman–Crippen LogP) is 1.68. The van der Waals surface area contributed by atoms with Crippen LogP contribution in [0, 0.1) is 0 Å². The first kappa shape index (κ1) is 22.5. The highest BCUT2D eigenvalue weighted by Gasteiger charge is 2.22. The lowest BCUT2D eigenvalue weighted by Gasteiger charge is -2.19. The Kier molecular flexibility index (Phi) is 6.14. The molecule has 12 heteroatoms. The van der Waals surface area contributed by atoms with E-state index in [-0.39, 0.29) is 35.6 Å². The van der Waals surface area contributed by atoms with E-state index in [0.29, 0.717) is 22.3 Å². The molecule has 0 bridgehead atoms. The highest BCUT2D eigenvalue weighted by molar-refractivity contribution is 7.92. The third-order valence-corrected chi connectivity index (χ3v) is 6.15. The fourth-order valence-electron chi connectivity index (χ4n) is 3.26.